The zero-order chi connectivity index (χ0) is 38.3. The number of ether oxygens (including phenoxy) is 2. The normalized spacial score (nSPS) is 21.4. The molecular formula is C42H78NO8P. The van der Waals surface area contributed by atoms with Crippen molar-refractivity contribution >= 4 is 13.7 Å². The molecule has 2 N–H and O–H groups in total. The summed E-state index contributed by atoms with van der Waals surface area (Å²) in [6.07, 6.45) is 28.0. The minimum atomic E-state index is -4.11. The number of hydrogen-bond donors (Lipinski definition) is 2. The van der Waals surface area contributed by atoms with E-state index in [1.165, 1.54) is 108 Å². The van der Waals surface area contributed by atoms with E-state index in [-0.39, 0.29) is 19.1 Å². The van der Waals surface area contributed by atoms with Gasteiger partial charge in [-0.25, -0.2) is 4.57 Å². The van der Waals surface area contributed by atoms with Gasteiger partial charge in [-0.15, -0.1) is 13.2 Å². The molecule has 1 saturated heterocycles. The molecule has 0 bridgehead atoms. The monoisotopic (exact) mass is 756 g/mol. The van der Waals surface area contributed by atoms with Crippen LogP contribution in [-0.2, 0) is 32.4 Å². The van der Waals surface area contributed by atoms with E-state index in [0.29, 0.717) is 25.4 Å². The van der Waals surface area contributed by atoms with Gasteiger partial charge in [-0.2, -0.15) is 0 Å². The first-order valence-electron chi connectivity index (χ1n) is 20.9. The van der Waals surface area contributed by atoms with Gasteiger partial charge in [0.15, 0.2) is 6.29 Å². The van der Waals surface area contributed by atoms with Crippen molar-refractivity contribution in [3.05, 3.63) is 37.5 Å². The smallest absolute Gasteiger partial charge is 0.373 e. The summed E-state index contributed by atoms with van der Waals surface area (Å²) in [5.74, 6) is 0.256. The third-order valence-electron chi connectivity index (χ3n) is 9.73. The highest BCUT2D eigenvalue weighted by molar-refractivity contribution is 7.48. The van der Waals surface area contributed by atoms with Gasteiger partial charge in [0.25, 0.3) is 0 Å². The molecule has 6 atom stereocenters. The Hall–Kier alpha value is -1.32. The molecular weight excluding hydrogens is 677 g/mol. The van der Waals surface area contributed by atoms with E-state index in [1.807, 2.05) is 6.92 Å². The summed E-state index contributed by atoms with van der Waals surface area (Å²) in [5, 5.41) is 14.1. The van der Waals surface area contributed by atoms with Gasteiger partial charge in [0.1, 0.15) is 18.2 Å². The predicted octanol–water partition coefficient (Wildman–Crippen LogP) is 11.3. The number of carbonyl (C=O) groups is 1. The van der Waals surface area contributed by atoms with Crippen LogP contribution in [0.25, 0.3) is 0 Å². The van der Waals surface area contributed by atoms with Crippen molar-refractivity contribution < 1.29 is 37.5 Å². The van der Waals surface area contributed by atoms with Crippen molar-refractivity contribution in [2.75, 3.05) is 19.8 Å². The summed E-state index contributed by atoms with van der Waals surface area (Å²) in [4.78, 5) is 13.2. The number of phosphoric ester groups is 1. The molecule has 1 fully saturated rings. The molecule has 0 aromatic carbocycles. The number of carbonyl (C=O) groups excluding carboxylic acids is 1. The summed E-state index contributed by atoms with van der Waals surface area (Å²) >= 11 is 0. The number of unbranched alkanes of at least 4 members (excludes halogenated alkanes) is 15. The second-order valence-corrected chi connectivity index (χ2v) is 16.1. The summed E-state index contributed by atoms with van der Waals surface area (Å²) in [5.41, 5.74) is 0. The van der Waals surface area contributed by atoms with Gasteiger partial charge in [-0.3, -0.25) is 18.4 Å². The van der Waals surface area contributed by atoms with E-state index in [1.54, 1.807) is 0 Å². The molecule has 1 aliphatic rings. The second-order valence-electron chi connectivity index (χ2n) is 14.5. The molecule has 10 heteroatoms. The zero-order valence-electron chi connectivity index (χ0n) is 33.6. The number of aliphatic hydroxyl groups excluding tert-OH is 1. The van der Waals surface area contributed by atoms with Crippen molar-refractivity contribution in [3.8, 4) is 0 Å². The van der Waals surface area contributed by atoms with Gasteiger partial charge >= 0.3 is 7.82 Å². The number of nitrogens with one attached hydrogen (secondary N) is 1. The fourth-order valence-corrected chi connectivity index (χ4v) is 7.85. The molecule has 0 unspecified atom stereocenters. The zero-order valence-corrected chi connectivity index (χ0v) is 34.5. The quantitative estimate of drug-likeness (QED) is 0.0373. The summed E-state index contributed by atoms with van der Waals surface area (Å²) in [6.45, 7) is 16.1. The first-order valence-corrected chi connectivity index (χ1v) is 22.4. The van der Waals surface area contributed by atoms with E-state index in [2.05, 4.69) is 51.4 Å². The topological polar surface area (TPSA) is 113 Å². The number of phosphoric acid groups is 1. The highest BCUT2D eigenvalue weighted by Crippen LogP contribution is 2.52. The minimum absolute atomic E-state index is 0.0561. The van der Waals surface area contributed by atoms with Gasteiger partial charge in [0, 0.05) is 13.0 Å². The lowest BCUT2D eigenvalue weighted by Gasteiger charge is -2.45. The minimum Gasteiger partial charge on any atom is -0.373 e. The average Bonchev–Trinajstić information content (AvgIpc) is 3.13. The summed E-state index contributed by atoms with van der Waals surface area (Å²) in [6, 6.07) is -0.928. The molecule has 0 aliphatic carbocycles. The third kappa shape index (κ3) is 22.8. The summed E-state index contributed by atoms with van der Waals surface area (Å²) < 4.78 is 43.3. The number of amides is 1. The SMILES string of the molecule is C=CCOP(=O)(OCC=C)O[C@H]1[C@H](OCC[C@H](C)CCCCCCC)[C@@H](NC(=O)CCCCCCCCC/C=C\CCCCCC)[C@H](O)O[C@@H]1CC. The fraction of sp³-hybridized carbons (Fsp3) is 0.833. The Morgan fingerprint density at radius 2 is 1.33 bits per heavy atom. The summed E-state index contributed by atoms with van der Waals surface area (Å²) in [7, 11) is -4.11. The van der Waals surface area contributed by atoms with Crippen LogP contribution in [0, 0.1) is 5.92 Å². The molecule has 1 aliphatic heterocycles. The van der Waals surface area contributed by atoms with Crippen molar-refractivity contribution in [1.29, 1.82) is 0 Å². The second kappa shape index (κ2) is 32.0. The molecule has 1 rings (SSSR count). The molecule has 0 aromatic rings. The largest absolute Gasteiger partial charge is 0.475 e. The number of allylic oxidation sites excluding steroid dienone is 2. The molecule has 0 radical (unpaired) electrons. The molecule has 1 heterocycles. The van der Waals surface area contributed by atoms with Crippen LogP contribution in [-0.4, -0.2) is 61.5 Å². The lowest BCUT2D eigenvalue weighted by Crippen LogP contribution is -2.64. The van der Waals surface area contributed by atoms with Crippen LogP contribution in [0.1, 0.15) is 169 Å². The highest BCUT2D eigenvalue weighted by atomic mass is 31.2. The molecule has 0 saturated carbocycles. The maximum atomic E-state index is 13.7. The lowest BCUT2D eigenvalue weighted by molar-refractivity contribution is -0.254. The van der Waals surface area contributed by atoms with Gasteiger partial charge in [-0.1, -0.05) is 142 Å². The lowest BCUT2D eigenvalue weighted by atomic mass is 9.94. The molecule has 1 amide bonds. The van der Waals surface area contributed by atoms with Crippen molar-refractivity contribution in [2.24, 2.45) is 5.92 Å². The Morgan fingerprint density at radius 1 is 0.788 bits per heavy atom. The number of hydrogen-bond acceptors (Lipinski definition) is 8. The highest BCUT2D eigenvalue weighted by Gasteiger charge is 2.50. The van der Waals surface area contributed by atoms with Gasteiger partial charge < -0.3 is 19.9 Å². The van der Waals surface area contributed by atoms with Crippen molar-refractivity contribution in [3.63, 3.8) is 0 Å². The third-order valence-corrected chi connectivity index (χ3v) is 11.2. The van der Waals surface area contributed by atoms with Gasteiger partial charge in [-0.05, 0) is 50.9 Å². The van der Waals surface area contributed by atoms with Crippen LogP contribution in [0.3, 0.4) is 0 Å². The maximum absolute atomic E-state index is 13.7. The standard InChI is InChI=1S/C42H78NO8P/c1-7-12-14-16-17-18-19-20-21-22-23-24-25-27-29-31-38(44)43-39-41(47-35-32-36(6)30-28-26-15-13-8-2)40(37(11-5)50-42(39)45)51-52(46,48-33-9-3)49-34-10-4/h9-10,18-19,36-37,39-42,45H,3-4,7-8,11-17,20-35H2,1-2,5-6H3,(H,43,44)/b19-18-/t36-,37-,39-,40-,41-,42-/m1/s1. The molecule has 52 heavy (non-hydrogen) atoms. The Labute approximate surface area is 318 Å². The van der Waals surface area contributed by atoms with E-state index < -0.39 is 38.5 Å². The van der Waals surface area contributed by atoms with E-state index >= 15 is 0 Å². The maximum Gasteiger partial charge on any atom is 0.475 e. The Balaban J connectivity index is 2.76. The van der Waals surface area contributed by atoms with Crippen LogP contribution in [0.15, 0.2) is 37.5 Å². The molecule has 0 spiro atoms. The van der Waals surface area contributed by atoms with Crippen LogP contribution in [0.4, 0.5) is 0 Å². The molecule has 0 aromatic heterocycles. The fourth-order valence-electron chi connectivity index (χ4n) is 6.52. The van der Waals surface area contributed by atoms with E-state index in [9.17, 15) is 14.5 Å². The molecule has 9 nitrogen and oxygen atoms in total. The first kappa shape index (κ1) is 48.7. The Morgan fingerprint density at radius 3 is 1.90 bits per heavy atom. The Bertz CT molecular complexity index is 962. The van der Waals surface area contributed by atoms with Gasteiger partial charge in [0.05, 0.1) is 19.3 Å². The number of aliphatic hydroxyl groups is 1. The van der Waals surface area contributed by atoms with Crippen molar-refractivity contribution in [2.45, 2.75) is 200 Å². The predicted molar refractivity (Wildman–Crippen MR) is 214 cm³/mol. The number of rotatable bonds is 35. The first-order chi connectivity index (χ1) is 25.2. The van der Waals surface area contributed by atoms with Gasteiger partial charge in [0.2, 0.25) is 5.91 Å². The molecule has 304 valence electrons. The van der Waals surface area contributed by atoms with Crippen molar-refractivity contribution in [1.82, 2.24) is 5.32 Å². The Kier molecular flexibility index (Phi) is 29.9. The van der Waals surface area contributed by atoms with Crippen LogP contribution < -0.4 is 5.32 Å². The van der Waals surface area contributed by atoms with E-state index in [4.69, 9.17) is 23.0 Å². The average molecular weight is 756 g/mol. The van der Waals surface area contributed by atoms with Crippen LogP contribution in [0.2, 0.25) is 0 Å². The van der Waals surface area contributed by atoms with Crippen LogP contribution >= 0.6 is 7.82 Å². The van der Waals surface area contributed by atoms with Crippen LogP contribution in [0.5, 0.6) is 0 Å². The van der Waals surface area contributed by atoms with E-state index in [0.717, 1.165) is 32.1 Å².